The van der Waals surface area contributed by atoms with E-state index in [2.05, 4.69) is 40.4 Å². The number of aliphatic hydroxyl groups is 1. The van der Waals surface area contributed by atoms with Gasteiger partial charge in [-0.1, -0.05) is 32.4 Å². The summed E-state index contributed by atoms with van der Waals surface area (Å²) < 4.78 is 6.82. The predicted molar refractivity (Wildman–Crippen MR) is 99.3 cm³/mol. The SMILES string of the molecule is C=C[C@@]1(O)CC[C@H](O[Si](C)(C)C(C)(C)C)[C@@]12CC[C@H]1CC(=O)C=C12. The quantitative estimate of drug-likeness (QED) is 0.608. The van der Waals surface area contributed by atoms with Crippen molar-refractivity contribution >= 4 is 14.1 Å². The molecule has 0 unspecified atom stereocenters. The van der Waals surface area contributed by atoms with Gasteiger partial charge >= 0.3 is 0 Å². The fourth-order valence-electron chi connectivity index (χ4n) is 4.89. The molecule has 3 aliphatic carbocycles. The van der Waals surface area contributed by atoms with E-state index in [4.69, 9.17) is 4.43 Å². The van der Waals surface area contributed by atoms with Gasteiger partial charge in [0, 0.05) is 11.8 Å². The minimum Gasteiger partial charge on any atom is -0.413 e. The van der Waals surface area contributed by atoms with Gasteiger partial charge in [0.05, 0.1) is 11.7 Å². The first-order valence-electron chi connectivity index (χ1n) is 9.25. The Hall–Kier alpha value is -0.713. The maximum absolute atomic E-state index is 12.0. The van der Waals surface area contributed by atoms with Gasteiger partial charge in [0.2, 0.25) is 0 Å². The van der Waals surface area contributed by atoms with E-state index in [0.29, 0.717) is 18.8 Å². The molecule has 24 heavy (non-hydrogen) atoms. The molecule has 0 aliphatic heterocycles. The van der Waals surface area contributed by atoms with E-state index >= 15 is 0 Å². The number of carbonyl (C=O) groups excluding carboxylic acids is 1. The lowest BCUT2D eigenvalue weighted by Crippen LogP contribution is -2.53. The second kappa shape index (κ2) is 5.39. The van der Waals surface area contributed by atoms with Crippen LogP contribution in [0.25, 0.3) is 0 Å². The Morgan fingerprint density at radius 1 is 1.33 bits per heavy atom. The van der Waals surface area contributed by atoms with Crippen molar-refractivity contribution < 1.29 is 14.3 Å². The van der Waals surface area contributed by atoms with Crippen molar-refractivity contribution in [1.29, 1.82) is 0 Å². The summed E-state index contributed by atoms with van der Waals surface area (Å²) in [4.78, 5) is 12.0. The highest BCUT2D eigenvalue weighted by Crippen LogP contribution is 2.64. The summed E-state index contributed by atoms with van der Waals surface area (Å²) in [6.07, 6.45) is 7.53. The number of hydrogen-bond donors (Lipinski definition) is 1. The first-order chi connectivity index (χ1) is 11.0. The maximum atomic E-state index is 12.0. The van der Waals surface area contributed by atoms with E-state index in [9.17, 15) is 9.90 Å². The zero-order chi connectivity index (χ0) is 18.0. The van der Waals surface area contributed by atoms with Gasteiger partial charge in [0.1, 0.15) is 0 Å². The zero-order valence-corrected chi connectivity index (χ0v) is 16.8. The van der Waals surface area contributed by atoms with E-state index < -0.39 is 19.3 Å². The molecule has 1 spiro atoms. The summed E-state index contributed by atoms with van der Waals surface area (Å²) in [5.41, 5.74) is -0.247. The molecule has 0 heterocycles. The third-order valence-electron chi connectivity index (χ3n) is 7.30. The molecule has 4 heteroatoms. The predicted octanol–water partition coefficient (Wildman–Crippen LogP) is 4.38. The van der Waals surface area contributed by atoms with E-state index in [-0.39, 0.29) is 16.9 Å². The highest BCUT2D eigenvalue weighted by molar-refractivity contribution is 6.74. The lowest BCUT2D eigenvalue weighted by molar-refractivity contribution is -0.114. The second-order valence-electron chi connectivity index (χ2n) is 9.51. The smallest absolute Gasteiger partial charge is 0.192 e. The van der Waals surface area contributed by atoms with Gasteiger partial charge in [0.25, 0.3) is 0 Å². The molecule has 0 bridgehead atoms. The molecule has 0 saturated heterocycles. The third-order valence-corrected chi connectivity index (χ3v) is 11.8. The van der Waals surface area contributed by atoms with Crippen molar-refractivity contribution in [3.63, 3.8) is 0 Å². The summed E-state index contributed by atoms with van der Waals surface area (Å²) in [5.74, 6) is 0.506. The van der Waals surface area contributed by atoms with E-state index in [1.165, 1.54) is 0 Å². The Morgan fingerprint density at radius 3 is 2.58 bits per heavy atom. The molecular weight excluding hydrogens is 316 g/mol. The Labute approximate surface area is 147 Å². The summed E-state index contributed by atoms with van der Waals surface area (Å²) in [6, 6.07) is 0. The molecule has 134 valence electrons. The monoisotopic (exact) mass is 348 g/mol. The normalized spacial score (nSPS) is 39.4. The van der Waals surface area contributed by atoms with Crippen molar-refractivity contribution in [1.82, 2.24) is 0 Å². The van der Waals surface area contributed by atoms with Crippen LogP contribution in [0.2, 0.25) is 18.1 Å². The van der Waals surface area contributed by atoms with E-state index in [1.54, 1.807) is 6.08 Å². The molecule has 3 nitrogen and oxygen atoms in total. The molecular formula is C20H32O3Si. The highest BCUT2D eigenvalue weighted by atomic mass is 28.4. The average molecular weight is 349 g/mol. The summed E-state index contributed by atoms with van der Waals surface area (Å²) in [5, 5.41) is 11.5. The minimum absolute atomic E-state index is 0.0106. The Bertz CT molecular complexity index is 600. The lowest BCUT2D eigenvalue weighted by atomic mass is 9.68. The van der Waals surface area contributed by atoms with Gasteiger partial charge in [-0.25, -0.2) is 0 Å². The summed E-state index contributed by atoms with van der Waals surface area (Å²) in [7, 11) is -1.96. The number of hydrogen-bond acceptors (Lipinski definition) is 3. The fourth-order valence-corrected chi connectivity index (χ4v) is 6.27. The third kappa shape index (κ3) is 2.33. The van der Waals surface area contributed by atoms with Gasteiger partial charge < -0.3 is 9.53 Å². The van der Waals surface area contributed by atoms with Crippen LogP contribution in [0, 0.1) is 11.3 Å². The Morgan fingerprint density at radius 2 is 2.00 bits per heavy atom. The van der Waals surface area contributed by atoms with Crippen LogP contribution in [0.4, 0.5) is 0 Å². The van der Waals surface area contributed by atoms with Crippen molar-refractivity contribution in [2.24, 2.45) is 11.3 Å². The molecule has 2 saturated carbocycles. The Balaban J connectivity index is 2.03. The highest BCUT2D eigenvalue weighted by Gasteiger charge is 2.65. The van der Waals surface area contributed by atoms with Crippen LogP contribution in [-0.4, -0.2) is 30.9 Å². The molecule has 3 aliphatic rings. The van der Waals surface area contributed by atoms with Crippen LogP contribution < -0.4 is 0 Å². The van der Waals surface area contributed by atoms with Crippen molar-refractivity contribution in [2.45, 2.75) is 82.7 Å². The van der Waals surface area contributed by atoms with Crippen LogP contribution in [0.3, 0.4) is 0 Å². The summed E-state index contributed by atoms with van der Waals surface area (Å²) >= 11 is 0. The van der Waals surface area contributed by atoms with Crippen molar-refractivity contribution in [3.8, 4) is 0 Å². The average Bonchev–Trinajstić information content (AvgIpc) is 3.07. The standard InChI is InChI=1S/C20H32O3Si/c1-7-19(22)10-9-17(23-24(5,6)18(2,3)4)20(19)11-8-14-12-15(21)13-16(14)20/h7,13-14,17,22H,1,8-12H2,2-6H3/t14-,17-,19+,20-/m0/s1. The summed E-state index contributed by atoms with van der Waals surface area (Å²) in [6.45, 7) is 15.2. The second-order valence-corrected chi connectivity index (χ2v) is 14.3. The molecule has 0 aromatic heterocycles. The number of carbonyl (C=O) groups is 1. The molecule has 3 rings (SSSR count). The van der Waals surface area contributed by atoms with E-state index in [1.807, 2.05) is 6.08 Å². The number of allylic oxidation sites excluding steroid dienone is 1. The van der Waals surface area contributed by atoms with Gasteiger partial charge in [-0.2, -0.15) is 0 Å². The van der Waals surface area contributed by atoms with Crippen LogP contribution in [-0.2, 0) is 9.22 Å². The lowest BCUT2D eigenvalue weighted by Gasteiger charge is -2.47. The fraction of sp³-hybridized carbons (Fsp3) is 0.750. The number of rotatable bonds is 3. The van der Waals surface area contributed by atoms with E-state index in [0.717, 1.165) is 24.8 Å². The molecule has 2 fully saturated rings. The van der Waals surface area contributed by atoms with Gasteiger partial charge in [-0.15, -0.1) is 6.58 Å². The van der Waals surface area contributed by atoms with Crippen molar-refractivity contribution in [3.05, 3.63) is 24.3 Å². The molecule has 4 atom stereocenters. The molecule has 0 radical (unpaired) electrons. The van der Waals surface area contributed by atoms with Gasteiger partial charge in [-0.3, -0.25) is 4.79 Å². The number of ketones is 1. The zero-order valence-electron chi connectivity index (χ0n) is 15.8. The topological polar surface area (TPSA) is 46.5 Å². The van der Waals surface area contributed by atoms with Gasteiger partial charge in [0.15, 0.2) is 14.1 Å². The number of fused-ring (bicyclic) bond motifs is 2. The first-order valence-corrected chi connectivity index (χ1v) is 12.2. The first kappa shape index (κ1) is 18.1. The van der Waals surface area contributed by atoms with Crippen LogP contribution in [0.1, 0.15) is 52.9 Å². The van der Waals surface area contributed by atoms with Crippen LogP contribution in [0.15, 0.2) is 24.3 Å². The van der Waals surface area contributed by atoms with Crippen LogP contribution >= 0.6 is 0 Å². The van der Waals surface area contributed by atoms with Crippen LogP contribution in [0.5, 0.6) is 0 Å². The molecule has 0 amide bonds. The molecule has 0 aromatic rings. The Kier molecular flexibility index (Phi) is 4.06. The maximum Gasteiger partial charge on any atom is 0.192 e. The van der Waals surface area contributed by atoms with Crippen molar-refractivity contribution in [2.75, 3.05) is 0 Å². The largest absolute Gasteiger partial charge is 0.413 e. The van der Waals surface area contributed by atoms with Gasteiger partial charge in [-0.05, 0) is 55.8 Å². The molecule has 0 aromatic carbocycles. The minimum atomic E-state index is -1.96. The molecule has 1 N–H and O–H groups in total.